The first kappa shape index (κ1) is 14.2. The Labute approximate surface area is 139 Å². The molecule has 1 aliphatic rings. The zero-order chi connectivity index (χ0) is 15.6. The second kappa shape index (κ2) is 6.01. The van der Waals surface area contributed by atoms with E-state index in [9.17, 15) is 0 Å². The fourth-order valence-corrected chi connectivity index (χ4v) is 3.43. The molecule has 1 aliphatic heterocycles. The van der Waals surface area contributed by atoms with Gasteiger partial charge in [0.1, 0.15) is 22.6 Å². The number of benzene rings is 1. The van der Waals surface area contributed by atoms with E-state index in [0.29, 0.717) is 0 Å². The predicted octanol–water partition coefficient (Wildman–Crippen LogP) is 4.46. The minimum Gasteiger partial charge on any atom is -0.486 e. The Morgan fingerprint density at radius 3 is 3.04 bits per heavy atom. The number of ether oxygens (including phenoxy) is 1. The maximum absolute atomic E-state index is 5.96. The second-order valence-electron chi connectivity index (χ2n) is 5.49. The van der Waals surface area contributed by atoms with Gasteiger partial charge in [-0.15, -0.1) is 11.3 Å². The quantitative estimate of drug-likeness (QED) is 0.773. The maximum atomic E-state index is 5.96. The number of hydrogen-bond acceptors (Lipinski definition) is 5. The van der Waals surface area contributed by atoms with Gasteiger partial charge in [0.05, 0.1) is 17.9 Å². The van der Waals surface area contributed by atoms with E-state index in [1.807, 2.05) is 29.6 Å². The van der Waals surface area contributed by atoms with E-state index < -0.39 is 0 Å². The van der Waals surface area contributed by atoms with Crippen LogP contribution in [0.1, 0.15) is 13.3 Å². The lowest BCUT2D eigenvalue weighted by atomic mass is 10.1. The number of hydrogen-bond donors (Lipinski definition) is 1. The number of thiazole rings is 1. The first-order valence-electron chi connectivity index (χ1n) is 7.75. The van der Waals surface area contributed by atoms with Crippen molar-refractivity contribution in [2.75, 3.05) is 11.9 Å². The van der Waals surface area contributed by atoms with Crippen LogP contribution in [0.2, 0.25) is 0 Å². The molecule has 4 nitrogen and oxygen atoms in total. The van der Waals surface area contributed by atoms with E-state index in [-0.39, 0.29) is 6.10 Å². The van der Waals surface area contributed by atoms with E-state index in [1.165, 1.54) is 0 Å². The smallest absolute Gasteiger partial charge is 0.142 e. The maximum Gasteiger partial charge on any atom is 0.142 e. The van der Waals surface area contributed by atoms with Crippen LogP contribution in [0.25, 0.3) is 22.0 Å². The Kier molecular flexibility index (Phi) is 3.71. The highest BCUT2D eigenvalue weighted by Gasteiger charge is 2.18. The van der Waals surface area contributed by atoms with E-state index in [2.05, 4.69) is 29.4 Å². The number of aromatic nitrogens is 2. The van der Waals surface area contributed by atoms with Gasteiger partial charge in [-0.05, 0) is 36.8 Å². The largest absolute Gasteiger partial charge is 0.486 e. The lowest BCUT2D eigenvalue weighted by Crippen LogP contribution is -2.29. The monoisotopic (exact) mass is 323 g/mol. The Balaban J connectivity index is 1.63. The third kappa shape index (κ3) is 2.80. The summed E-state index contributed by atoms with van der Waals surface area (Å²) >= 11 is 1.63. The zero-order valence-electron chi connectivity index (χ0n) is 12.8. The molecule has 0 amide bonds. The molecule has 1 unspecified atom stereocenters. The minimum atomic E-state index is 0.254. The summed E-state index contributed by atoms with van der Waals surface area (Å²) in [6.07, 6.45) is 3.05. The van der Waals surface area contributed by atoms with Gasteiger partial charge in [-0.25, -0.2) is 4.98 Å². The van der Waals surface area contributed by atoms with Crippen LogP contribution in [0.4, 0.5) is 5.69 Å². The Hall–Kier alpha value is -2.40. The molecule has 0 saturated heterocycles. The lowest BCUT2D eigenvalue weighted by molar-refractivity contribution is 0.202. The van der Waals surface area contributed by atoms with Gasteiger partial charge < -0.3 is 10.1 Å². The van der Waals surface area contributed by atoms with Crippen LogP contribution in [0.5, 0.6) is 5.75 Å². The molecule has 23 heavy (non-hydrogen) atoms. The fraction of sp³-hybridized carbons (Fsp3) is 0.222. The molecule has 3 heterocycles. The molecular weight excluding hydrogens is 306 g/mol. The van der Waals surface area contributed by atoms with Crippen LogP contribution in [-0.2, 0) is 0 Å². The van der Waals surface area contributed by atoms with Crippen molar-refractivity contribution in [1.82, 2.24) is 9.97 Å². The van der Waals surface area contributed by atoms with Crippen molar-refractivity contribution in [3.63, 3.8) is 0 Å². The van der Waals surface area contributed by atoms with E-state index in [4.69, 9.17) is 9.72 Å². The molecule has 0 saturated carbocycles. The molecule has 3 aromatic rings. The van der Waals surface area contributed by atoms with Gasteiger partial charge >= 0.3 is 0 Å². The number of rotatable bonds is 3. The number of nitrogens with zero attached hydrogens (tertiary/aromatic N) is 2. The summed E-state index contributed by atoms with van der Waals surface area (Å²) in [5, 5.41) is 6.49. The van der Waals surface area contributed by atoms with Gasteiger partial charge in [0, 0.05) is 17.1 Å². The molecule has 0 radical (unpaired) electrons. The fourth-order valence-electron chi connectivity index (χ4n) is 2.61. The number of fused-ring (bicyclic) bond motifs is 1. The second-order valence-corrected chi connectivity index (χ2v) is 6.35. The normalized spacial score (nSPS) is 16.3. The van der Waals surface area contributed by atoms with Crippen LogP contribution >= 0.6 is 11.3 Å². The molecule has 4 rings (SSSR count). The highest BCUT2D eigenvalue weighted by molar-refractivity contribution is 7.13. The molecule has 0 aliphatic carbocycles. The Bertz CT molecular complexity index is 816. The van der Waals surface area contributed by atoms with Crippen molar-refractivity contribution in [1.29, 1.82) is 0 Å². The van der Waals surface area contributed by atoms with Crippen LogP contribution in [0, 0.1) is 0 Å². The van der Waals surface area contributed by atoms with Gasteiger partial charge in [-0.2, -0.15) is 0 Å². The summed E-state index contributed by atoms with van der Waals surface area (Å²) in [6, 6.07) is 12.1. The molecule has 1 aromatic carbocycles. The highest BCUT2D eigenvalue weighted by Crippen LogP contribution is 2.36. The van der Waals surface area contributed by atoms with Crippen molar-refractivity contribution >= 4 is 17.0 Å². The third-order valence-corrected chi connectivity index (χ3v) is 4.82. The van der Waals surface area contributed by atoms with Crippen molar-refractivity contribution in [2.24, 2.45) is 0 Å². The Morgan fingerprint density at radius 1 is 1.26 bits per heavy atom. The molecule has 116 valence electrons. The van der Waals surface area contributed by atoms with Crippen molar-refractivity contribution < 1.29 is 4.74 Å². The van der Waals surface area contributed by atoms with Gasteiger partial charge in [-0.3, -0.25) is 4.98 Å². The number of pyridine rings is 1. The highest BCUT2D eigenvalue weighted by atomic mass is 32.1. The van der Waals surface area contributed by atoms with Crippen LogP contribution in [-0.4, -0.2) is 22.6 Å². The first-order chi connectivity index (χ1) is 11.3. The molecule has 1 N–H and O–H groups in total. The summed E-state index contributed by atoms with van der Waals surface area (Å²) in [7, 11) is 0. The SMILES string of the molecule is CCC1CNc2cc(-c3nc(-c4ccccn4)cs3)ccc2O1. The predicted molar refractivity (Wildman–Crippen MR) is 94.0 cm³/mol. The van der Waals surface area contributed by atoms with Crippen molar-refractivity contribution in [2.45, 2.75) is 19.4 Å². The molecule has 5 heteroatoms. The summed E-state index contributed by atoms with van der Waals surface area (Å²) in [4.78, 5) is 9.07. The molecule has 0 bridgehead atoms. The van der Waals surface area contributed by atoms with Crippen LogP contribution in [0.15, 0.2) is 48.0 Å². The summed E-state index contributed by atoms with van der Waals surface area (Å²) in [5.41, 5.74) is 3.96. The number of anilines is 1. The Morgan fingerprint density at radius 2 is 2.22 bits per heavy atom. The van der Waals surface area contributed by atoms with Crippen LogP contribution < -0.4 is 10.1 Å². The first-order valence-corrected chi connectivity index (χ1v) is 8.63. The molecule has 2 aromatic heterocycles. The molecule has 1 atom stereocenters. The van der Waals surface area contributed by atoms with Crippen molar-refractivity contribution in [3.05, 3.63) is 48.0 Å². The summed E-state index contributed by atoms with van der Waals surface area (Å²) in [6.45, 7) is 2.99. The van der Waals surface area contributed by atoms with E-state index >= 15 is 0 Å². The molecule has 0 fully saturated rings. The zero-order valence-corrected chi connectivity index (χ0v) is 13.6. The minimum absolute atomic E-state index is 0.254. The summed E-state index contributed by atoms with van der Waals surface area (Å²) < 4.78 is 5.96. The van der Waals surface area contributed by atoms with E-state index in [1.54, 1.807) is 17.5 Å². The van der Waals surface area contributed by atoms with Crippen molar-refractivity contribution in [3.8, 4) is 27.7 Å². The average molecular weight is 323 g/mol. The third-order valence-electron chi connectivity index (χ3n) is 3.93. The average Bonchev–Trinajstić information content (AvgIpc) is 3.11. The van der Waals surface area contributed by atoms with Gasteiger partial charge in [0.2, 0.25) is 0 Å². The number of nitrogens with one attached hydrogen (secondary N) is 1. The summed E-state index contributed by atoms with van der Waals surface area (Å²) in [5.74, 6) is 0.924. The standard InChI is InChI=1S/C18H17N3OS/c1-2-13-10-20-15-9-12(6-7-17(15)22-13)18-21-16(11-23-18)14-5-3-4-8-19-14/h3-9,11,13,20H,2,10H2,1H3. The molecular formula is C18H17N3OS. The van der Waals surface area contributed by atoms with E-state index in [0.717, 1.165) is 46.4 Å². The van der Waals surface area contributed by atoms with Crippen LogP contribution in [0.3, 0.4) is 0 Å². The van der Waals surface area contributed by atoms with Gasteiger partial charge in [0.15, 0.2) is 0 Å². The molecule has 0 spiro atoms. The lowest BCUT2D eigenvalue weighted by Gasteiger charge is -2.26. The van der Waals surface area contributed by atoms with Gasteiger partial charge in [0.25, 0.3) is 0 Å². The topological polar surface area (TPSA) is 47.0 Å². The van der Waals surface area contributed by atoms with Gasteiger partial charge in [-0.1, -0.05) is 13.0 Å².